The number of rotatable bonds is 2. The lowest BCUT2D eigenvalue weighted by molar-refractivity contribution is -0.129. The summed E-state index contributed by atoms with van der Waals surface area (Å²) in [5.74, 6) is -0.405. The Balaban J connectivity index is 1.85. The van der Waals surface area contributed by atoms with Crippen LogP contribution in [-0.4, -0.2) is 23.8 Å². The third kappa shape index (κ3) is 3.16. The van der Waals surface area contributed by atoms with Crippen LogP contribution in [0.5, 0.6) is 0 Å². The minimum atomic E-state index is -1.20. The molecule has 0 bridgehead atoms. The fourth-order valence-electron chi connectivity index (χ4n) is 0.894. The van der Waals surface area contributed by atoms with Gasteiger partial charge in [0.25, 0.3) is 8.45 Å². The lowest BCUT2D eigenvalue weighted by Crippen LogP contribution is -2.33. The Bertz CT molecular complexity index is 305. The van der Waals surface area contributed by atoms with E-state index < -0.39 is 22.9 Å². The van der Waals surface area contributed by atoms with Crippen LogP contribution in [0.2, 0.25) is 0 Å². The standard InChI is InChI=1S/C6H12N3O4P3/c1-5(2)6(10)13-15-7-14-9-11-3-4-12-16(9)8-15/h7-8,14H,1,3-4H2,2H3. The van der Waals surface area contributed by atoms with E-state index in [1.807, 2.05) is 0 Å². The van der Waals surface area contributed by atoms with Crippen LogP contribution in [0.3, 0.4) is 0 Å². The van der Waals surface area contributed by atoms with Gasteiger partial charge in [0.05, 0.1) is 22.1 Å². The summed E-state index contributed by atoms with van der Waals surface area (Å²) < 4.78 is 12.4. The van der Waals surface area contributed by atoms with Gasteiger partial charge in [-0.25, -0.2) is 9.65 Å². The average Bonchev–Trinajstić information content (AvgIpc) is 2.28. The summed E-state index contributed by atoms with van der Waals surface area (Å²) >= 11 is 0. The molecule has 0 spiro atoms. The van der Waals surface area contributed by atoms with Gasteiger partial charge in [0, 0.05) is 5.57 Å². The van der Waals surface area contributed by atoms with Crippen molar-refractivity contribution in [1.29, 1.82) is 0 Å². The second-order valence-electron chi connectivity index (χ2n) is 2.99. The molecule has 0 aromatic heterocycles. The van der Waals surface area contributed by atoms with Crippen molar-refractivity contribution >= 4 is 31.8 Å². The van der Waals surface area contributed by atoms with Crippen molar-refractivity contribution in [3.05, 3.63) is 12.2 Å². The first-order valence-corrected chi connectivity index (χ1v) is 7.90. The molecule has 2 fully saturated rings. The smallest absolute Gasteiger partial charge is 0.337 e. The highest BCUT2D eigenvalue weighted by molar-refractivity contribution is 7.75. The molecule has 0 aromatic rings. The molecule has 3 atom stereocenters. The number of hydrogen-bond acceptors (Lipinski definition) is 7. The van der Waals surface area contributed by atoms with Crippen molar-refractivity contribution < 1.29 is 18.7 Å². The maximum atomic E-state index is 11.3. The second kappa shape index (κ2) is 5.76. The van der Waals surface area contributed by atoms with Gasteiger partial charge in [-0.05, 0) is 6.92 Å². The number of carbonyl (C=O) groups is 1. The Hall–Kier alpha value is 0.300. The van der Waals surface area contributed by atoms with Gasteiger partial charge in [-0.3, -0.25) is 4.84 Å². The Morgan fingerprint density at radius 2 is 2.44 bits per heavy atom. The van der Waals surface area contributed by atoms with Crippen molar-refractivity contribution in [2.75, 3.05) is 13.2 Å². The second-order valence-corrected chi connectivity index (χ2v) is 7.63. The number of carbonyl (C=O) groups excluding carboxylic acids is 1. The van der Waals surface area contributed by atoms with E-state index in [1.54, 1.807) is 11.5 Å². The molecule has 90 valence electrons. The summed E-state index contributed by atoms with van der Waals surface area (Å²) in [4.78, 5) is 22.8. The largest absolute Gasteiger partial charge is 0.410 e. The molecule has 0 amide bonds. The number of nitrogens with zero attached hydrogens (tertiary/aromatic N) is 1. The number of nitrogens with one attached hydrogen (secondary N) is 2. The van der Waals surface area contributed by atoms with Crippen molar-refractivity contribution in [2.45, 2.75) is 6.92 Å². The molecule has 0 radical (unpaired) electrons. The van der Waals surface area contributed by atoms with Crippen molar-refractivity contribution in [3.8, 4) is 0 Å². The zero-order chi connectivity index (χ0) is 11.5. The van der Waals surface area contributed by atoms with Crippen LogP contribution in [0.15, 0.2) is 12.2 Å². The first-order chi connectivity index (χ1) is 7.66. The molecule has 10 heteroatoms. The van der Waals surface area contributed by atoms with Gasteiger partial charge in [0.2, 0.25) is 8.45 Å². The van der Waals surface area contributed by atoms with E-state index >= 15 is 0 Å². The monoisotopic (exact) mass is 283 g/mol. The number of hydrogen-bond donors (Lipinski definition) is 2. The zero-order valence-corrected chi connectivity index (χ0v) is 11.4. The molecule has 7 nitrogen and oxygen atoms in total. The summed E-state index contributed by atoms with van der Waals surface area (Å²) in [6.07, 6.45) is 0. The van der Waals surface area contributed by atoms with E-state index in [9.17, 15) is 4.79 Å². The topological polar surface area (TPSA) is 72.1 Å². The fraction of sp³-hybridized carbons (Fsp3) is 0.500. The normalized spacial score (nSPS) is 32.1. The van der Waals surface area contributed by atoms with Crippen molar-refractivity contribution in [3.63, 3.8) is 0 Å². The van der Waals surface area contributed by atoms with E-state index in [0.717, 1.165) is 0 Å². The Morgan fingerprint density at radius 1 is 1.62 bits per heavy atom. The summed E-state index contributed by atoms with van der Waals surface area (Å²) in [6.45, 7) is 6.24. The summed E-state index contributed by atoms with van der Waals surface area (Å²) in [7, 11) is -1.98. The number of fused-ring (bicyclic) bond motifs is 1. The van der Waals surface area contributed by atoms with Crippen LogP contribution in [0.4, 0.5) is 0 Å². The molecule has 2 aliphatic heterocycles. The van der Waals surface area contributed by atoms with Crippen LogP contribution < -0.4 is 9.72 Å². The van der Waals surface area contributed by atoms with E-state index in [1.165, 1.54) is 0 Å². The molecule has 16 heavy (non-hydrogen) atoms. The van der Waals surface area contributed by atoms with Gasteiger partial charge in [-0.1, -0.05) is 11.2 Å². The molecule has 3 unspecified atom stereocenters. The molecule has 2 heterocycles. The molecule has 0 aliphatic carbocycles. The molecule has 2 N–H and O–H groups in total. The Labute approximate surface area is 97.6 Å². The first-order valence-electron chi connectivity index (χ1n) is 4.48. The van der Waals surface area contributed by atoms with Crippen LogP contribution in [-0.2, 0) is 18.7 Å². The van der Waals surface area contributed by atoms with Gasteiger partial charge in [-0.2, -0.15) is 4.86 Å². The minimum absolute atomic E-state index is 0.229. The van der Waals surface area contributed by atoms with Gasteiger partial charge < -0.3 is 9.05 Å². The zero-order valence-electron chi connectivity index (χ0n) is 8.60. The van der Waals surface area contributed by atoms with Crippen molar-refractivity contribution in [2.24, 2.45) is 0 Å². The predicted molar refractivity (Wildman–Crippen MR) is 63.1 cm³/mol. The third-order valence-corrected chi connectivity index (χ3v) is 6.63. The summed E-state index contributed by atoms with van der Waals surface area (Å²) in [5, 5.41) is 0. The quantitative estimate of drug-likeness (QED) is 0.588. The first kappa shape index (κ1) is 12.7. The SMILES string of the molecule is C=C(C)C(=O)OP1NPN2OCCOP2N1. The van der Waals surface area contributed by atoms with E-state index in [4.69, 9.17) is 13.9 Å². The van der Waals surface area contributed by atoms with Crippen molar-refractivity contribution in [1.82, 2.24) is 14.3 Å². The van der Waals surface area contributed by atoms with Gasteiger partial charge >= 0.3 is 5.97 Å². The summed E-state index contributed by atoms with van der Waals surface area (Å²) in [5.41, 5.74) is 0.380. The Kier molecular flexibility index (Phi) is 4.59. The maximum absolute atomic E-state index is 11.3. The molecule has 0 aromatic carbocycles. The van der Waals surface area contributed by atoms with Gasteiger partial charge in [-0.15, -0.1) is 0 Å². The lowest BCUT2D eigenvalue weighted by atomic mass is 10.4. The fourth-order valence-corrected chi connectivity index (χ4v) is 6.13. The molecule has 0 saturated carbocycles. The molecule has 2 rings (SSSR count). The highest BCUT2D eigenvalue weighted by Crippen LogP contribution is 2.58. The highest BCUT2D eigenvalue weighted by atomic mass is 31.3. The van der Waals surface area contributed by atoms with Crippen LogP contribution >= 0.6 is 25.8 Å². The van der Waals surface area contributed by atoms with E-state index in [-0.39, 0.29) is 8.88 Å². The third-order valence-electron chi connectivity index (χ3n) is 1.62. The molecular formula is C6H12N3O4P3. The van der Waals surface area contributed by atoms with E-state index in [0.29, 0.717) is 18.8 Å². The molecular weight excluding hydrogens is 271 g/mol. The average molecular weight is 283 g/mol. The molecule has 2 saturated heterocycles. The Morgan fingerprint density at radius 3 is 3.19 bits per heavy atom. The van der Waals surface area contributed by atoms with Gasteiger partial charge in [0.1, 0.15) is 0 Å². The van der Waals surface area contributed by atoms with Crippen LogP contribution in [0, 0.1) is 0 Å². The van der Waals surface area contributed by atoms with Crippen LogP contribution in [0.1, 0.15) is 6.92 Å². The highest BCUT2D eigenvalue weighted by Gasteiger charge is 2.35. The van der Waals surface area contributed by atoms with Gasteiger partial charge in [0.15, 0.2) is 0 Å². The maximum Gasteiger partial charge on any atom is 0.337 e. The minimum Gasteiger partial charge on any atom is -0.410 e. The van der Waals surface area contributed by atoms with E-state index in [2.05, 4.69) is 16.3 Å². The predicted octanol–water partition coefficient (Wildman–Crippen LogP) is 1.52. The lowest BCUT2D eigenvalue weighted by Gasteiger charge is -2.38. The van der Waals surface area contributed by atoms with Crippen LogP contribution in [0.25, 0.3) is 0 Å². The summed E-state index contributed by atoms with van der Waals surface area (Å²) in [6, 6.07) is 0. The molecule has 2 aliphatic rings.